The predicted molar refractivity (Wildman–Crippen MR) is 124 cm³/mol. The van der Waals surface area contributed by atoms with Gasteiger partial charge in [0.1, 0.15) is 0 Å². The van der Waals surface area contributed by atoms with Crippen LogP contribution in [0.3, 0.4) is 0 Å². The van der Waals surface area contributed by atoms with Crippen molar-refractivity contribution in [3.05, 3.63) is 107 Å². The average Bonchev–Trinajstić information content (AvgIpc) is 3.12. The highest BCUT2D eigenvalue weighted by atomic mass is 35.5. The Balaban J connectivity index is 1.48. The molecule has 1 atom stereocenters. The van der Waals surface area contributed by atoms with Crippen molar-refractivity contribution < 1.29 is 4.79 Å². The monoisotopic (exact) mass is 416 g/mol. The molecule has 0 aliphatic heterocycles. The van der Waals surface area contributed by atoms with Crippen LogP contribution in [0.15, 0.2) is 85.1 Å². The molecule has 3 aromatic carbocycles. The molecule has 3 nitrogen and oxygen atoms in total. The smallest absolute Gasteiger partial charge is 0.220 e. The third-order valence-corrected chi connectivity index (χ3v) is 5.84. The lowest BCUT2D eigenvalue weighted by atomic mass is 10.1. The van der Waals surface area contributed by atoms with Crippen molar-refractivity contribution in [1.82, 2.24) is 9.88 Å². The Bertz CT molecular complexity index is 1150. The summed E-state index contributed by atoms with van der Waals surface area (Å²) in [4.78, 5) is 12.5. The first-order valence-electron chi connectivity index (χ1n) is 10.3. The first-order chi connectivity index (χ1) is 14.6. The number of halogens is 1. The number of nitrogens with zero attached hydrogens (tertiary/aromatic N) is 1. The van der Waals surface area contributed by atoms with E-state index in [0.717, 1.165) is 21.7 Å². The van der Waals surface area contributed by atoms with Gasteiger partial charge in [-0.25, -0.2) is 0 Å². The van der Waals surface area contributed by atoms with Crippen LogP contribution in [0, 0.1) is 0 Å². The molecule has 4 rings (SSSR count). The van der Waals surface area contributed by atoms with Crippen molar-refractivity contribution >= 4 is 28.4 Å². The molecule has 0 aliphatic rings. The zero-order valence-corrected chi connectivity index (χ0v) is 17.8. The van der Waals surface area contributed by atoms with Crippen LogP contribution in [-0.4, -0.2) is 10.5 Å². The number of nitrogens with one attached hydrogen (secondary N) is 1. The molecule has 152 valence electrons. The molecular weight excluding hydrogens is 392 g/mol. The van der Waals surface area contributed by atoms with Crippen LogP contribution >= 0.6 is 11.6 Å². The number of rotatable bonds is 7. The van der Waals surface area contributed by atoms with E-state index in [9.17, 15) is 4.79 Å². The Morgan fingerprint density at radius 2 is 1.63 bits per heavy atom. The van der Waals surface area contributed by atoms with Crippen molar-refractivity contribution in [3.63, 3.8) is 0 Å². The highest BCUT2D eigenvalue weighted by molar-refractivity contribution is 6.31. The molecule has 0 saturated carbocycles. The zero-order chi connectivity index (χ0) is 20.9. The number of fused-ring (bicyclic) bond motifs is 1. The molecule has 1 heterocycles. The lowest BCUT2D eigenvalue weighted by Gasteiger charge is -2.14. The Labute approximate surface area is 182 Å². The van der Waals surface area contributed by atoms with Gasteiger partial charge < -0.3 is 9.88 Å². The highest BCUT2D eigenvalue weighted by Gasteiger charge is 2.13. The fourth-order valence-electron chi connectivity index (χ4n) is 3.85. The van der Waals surface area contributed by atoms with Gasteiger partial charge in [-0.2, -0.15) is 0 Å². The molecule has 30 heavy (non-hydrogen) atoms. The number of benzene rings is 3. The van der Waals surface area contributed by atoms with Gasteiger partial charge in [0.25, 0.3) is 0 Å². The molecule has 0 radical (unpaired) electrons. The minimum atomic E-state index is 0.000245. The molecule has 0 bridgehead atoms. The van der Waals surface area contributed by atoms with E-state index in [2.05, 4.69) is 34.3 Å². The fourth-order valence-corrected chi connectivity index (χ4v) is 4.05. The summed E-state index contributed by atoms with van der Waals surface area (Å²) in [6.07, 6.45) is 3.31. The number of amides is 1. The molecule has 1 amide bonds. The van der Waals surface area contributed by atoms with E-state index in [-0.39, 0.29) is 11.9 Å². The number of carbonyl (C=O) groups excluding carboxylic acids is 1. The predicted octanol–water partition coefficient (Wildman–Crippen LogP) is 6.15. The van der Waals surface area contributed by atoms with Gasteiger partial charge in [0.2, 0.25) is 5.91 Å². The average molecular weight is 417 g/mol. The summed E-state index contributed by atoms with van der Waals surface area (Å²) >= 11 is 6.37. The van der Waals surface area contributed by atoms with Crippen LogP contribution in [-0.2, 0) is 17.8 Å². The molecule has 4 aromatic rings. The fraction of sp³-hybridized carbons (Fsp3) is 0.192. The Morgan fingerprint density at radius 1 is 0.933 bits per heavy atom. The minimum absolute atomic E-state index is 0.000245. The van der Waals surface area contributed by atoms with Gasteiger partial charge in [0.05, 0.1) is 6.04 Å². The van der Waals surface area contributed by atoms with E-state index in [4.69, 9.17) is 11.6 Å². The van der Waals surface area contributed by atoms with Crippen LogP contribution in [0.2, 0.25) is 5.02 Å². The first kappa shape index (κ1) is 20.2. The third kappa shape index (κ3) is 4.58. The normalized spacial score (nSPS) is 12.1. The number of carbonyl (C=O) groups is 1. The van der Waals surface area contributed by atoms with E-state index in [1.165, 1.54) is 10.9 Å². The van der Waals surface area contributed by atoms with Crippen LogP contribution < -0.4 is 5.32 Å². The maximum atomic E-state index is 12.5. The quantitative estimate of drug-likeness (QED) is 0.385. The van der Waals surface area contributed by atoms with E-state index < -0.39 is 0 Å². The summed E-state index contributed by atoms with van der Waals surface area (Å²) in [5.41, 5.74) is 4.54. The number of hydrogen-bond acceptors (Lipinski definition) is 1. The van der Waals surface area contributed by atoms with Crippen LogP contribution in [0.25, 0.3) is 10.9 Å². The van der Waals surface area contributed by atoms with Crippen molar-refractivity contribution in [2.24, 2.45) is 0 Å². The van der Waals surface area contributed by atoms with Crippen LogP contribution in [0.1, 0.15) is 36.1 Å². The second-order valence-corrected chi connectivity index (χ2v) is 8.00. The Morgan fingerprint density at radius 3 is 2.43 bits per heavy atom. The van der Waals surface area contributed by atoms with E-state index >= 15 is 0 Å². The third-order valence-electron chi connectivity index (χ3n) is 5.47. The van der Waals surface area contributed by atoms with Gasteiger partial charge in [-0.1, -0.05) is 78.3 Å². The number of aromatic nitrogens is 1. The van der Waals surface area contributed by atoms with Gasteiger partial charge in [0.15, 0.2) is 0 Å². The standard InChI is InChI=1S/C26H25ClN2O/c1-19(20-9-3-2-4-10-20)28-26(30)16-15-21-17-29(25-14-8-6-12-23(21)25)18-22-11-5-7-13-24(22)27/h2-14,17,19H,15-16,18H2,1H3,(H,28,30)/t19-/m1/s1. The molecule has 0 saturated heterocycles. The van der Waals surface area contributed by atoms with Gasteiger partial charge >= 0.3 is 0 Å². The second-order valence-electron chi connectivity index (χ2n) is 7.59. The SMILES string of the molecule is C[C@@H](NC(=O)CCc1cn(Cc2ccccc2Cl)c2ccccc12)c1ccccc1. The molecular formula is C26H25ClN2O. The maximum absolute atomic E-state index is 12.5. The van der Waals surface area contributed by atoms with Gasteiger partial charge in [-0.15, -0.1) is 0 Å². The Kier molecular flexibility index (Phi) is 6.20. The summed E-state index contributed by atoms with van der Waals surface area (Å²) in [5, 5.41) is 5.06. The second kappa shape index (κ2) is 9.19. The summed E-state index contributed by atoms with van der Waals surface area (Å²) in [7, 11) is 0. The Hall–Kier alpha value is -3.04. The summed E-state index contributed by atoms with van der Waals surface area (Å²) in [6, 6.07) is 26.3. The number of hydrogen-bond donors (Lipinski definition) is 1. The van der Waals surface area contributed by atoms with Gasteiger partial charge in [-0.05, 0) is 42.2 Å². The van der Waals surface area contributed by atoms with Crippen LogP contribution in [0.4, 0.5) is 0 Å². The van der Waals surface area contributed by atoms with Crippen molar-refractivity contribution in [3.8, 4) is 0 Å². The van der Waals surface area contributed by atoms with Crippen molar-refractivity contribution in [2.75, 3.05) is 0 Å². The van der Waals surface area contributed by atoms with Gasteiger partial charge in [-0.3, -0.25) is 4.79 Å². The summed E-state index contributed by atoms with van der Waals surface area (Å²) in [5.74, 6) is 0.0642. The molecule has 1 N–H and O–H groups in total. The largest absolute Gasteiger partial charge is 0.350 e. The summed E-state index contributed by atoms with van der Waals surface area (Å²) < 4.78 is 2.22. The van der Waals surface area contributed by atoms with Gasteiger partial charge in [0, 0.05) is 35.1 Å². The highest BCUT2D eigenvalue weighted by Crippen LogP contribution is 2.25. The first-order valence-corrected chi connectivity index (χ1v) is 10.6. The minimum Gasteiger partial charge on any atom is -0.350 e. The molecule has 0 spiro atoms. The summed E-state index contributed by atoms with van der Waals surface area (Å²) in [6.45, 7) is 2.72. The molecule has 0 aliphatic carbocycles. The molecule has 1 aromatic heterocycles. The zero-order valence-electron chi connectivity index (χ0n) is 17.0. The topological polar surface area (TPSA) is 34.0 Å². The molecule has 0 unspecified atom stereocenters. The van der Waals surface area contributed by atoms with E-state index in [1.807, 2.05) is 67.6 Å². The van der Waals surface area contributed by atoms with Crippen molar-refractivity contribution in [1.29, 1.82) is 0 Å². The van der Waals surface area contributed by atoms with Crippen LogP contribution in [0.5, 0.6) is 0 Å². The van der Waals surface area contributed by atoms with E-state index in [0.29, 0.717) is 19.4 Å². The molecule has 4 heteroatoms. The van der Waals surface area contributed by atoms with E-state index in [1.54, 1.807) is 0 Å². The number of aryl methyl sites for hydroxylation is 1. The number of para-hydroxylation sites is 1. The lowest BCUT2D eigenvalue weighted by molar-refractivity contribution is -0.121. The molecule has 0 fully saturated rings. The van der Waals surface area contributed by atoms with Crippen molar-refractivity contribution in [2.45, 2.75) is 32.4 Å². The lowest BCUT2D eigenvalue weighted by Crippen LogP contribution is -2.26. The maximum Gasteiger partial charge on any atom is 0.220 e.